The van der Waals surface area contributed by atoms with Gasteiger partial charge < -0.3 is 4.74 Å². The van der Waals surface area contributed by atoms with Gasteiger partial charge in [0.15, 0.2) is 0 Å². The van der Waals surface area contributed by atoms with Gasteiger partial charge in [-0.2, -0.15) is 0 Å². The molecule has 1 unspecified atom stereocenters. The van der Waals surface area contributed by atoms with E-state index in [1.54, 1.807) is 0 Å². The third kappa shape index (κ3) is 6.13. The predicted molar refractivity (Wildman–Crippen MR) is 65.5 cm³/mol. The van der Waals surface area contributed by atoms with E-state index in [4.69, 9.17) is 10.6 Å². The van der Waals surface area contributed by atoms with Crippen molar-refractivity contribution in [3.8, 4) is 0 Å². The first-order valence-corrected chi connectivity index (χ1v) is 6.04. The molecule has 1 atom stereocenters. The second-order valence-corrected chi connectivity index (χ2v) is 5.08. The van der Waals surface area contributed by atoms with Crippen LogP contribution in [0.15, 0.2) is 0 Å². The van der Waals surface area contributed by atoms with E-state index in [-0.39, 0.29) is 11.6 Å². The van der Waals surface area contributed by atoms with Crippen LogP contribution in [-0.4, -0.2) is 18.2 Å². The Morgan fingerprint density at radius 2 is 1.87 bits per heavy atom. The Morgan fingerprint density at radius 3 is 2.27 bits per heavy atom. The molecule has 15 heavy (non-hydrogen) atoms. The van der Waals surface area contributed by atoms with E-state index < -0.39 is 0 Å². The average Bonchev–Trinajstić information content (AvgIpc) is 2.11. The molecule has 0 radical (unpaired) electrons. The predicted octanol–water partition coefficient (Wildman–Crippen LogP) is 2.46. The molecular weight excluding hydrogens is 188 g/mol. The molecule has 0 fully saturated rings. The van der Waals surface area contributed by atoms with Crippen molar-refractivity contribution in [2.75, 3.05) is 6.61 Å². The lowest BCUT2D eigenvalue weighted by Gasteiger charge is -2.33. The fourth-order valence-electron chi connectivity index (χ4n) is 1.83. The second-order valence-electron chi connectivity index (χ2n) is 5.08. The molecule has 0 rings (SSSR count). The molecule has 92 valence electrons. The summed E-state index contributed by atoms with van der Waals surface area (Å²) in [6.45, 7) is 11.4. The SMILES string of the molecule is CCOC(C)(C)C(CCCC(C)C)NN. The van der Waals surface area contributed by atoms with E-state index in [0.29, 0.717) is 0 Å². The second kappa shape index (κ2) is 7.20. The number of hydrogen-bond acceptors (Lipinski definition) is 3. The molecule has 3 heteroatoms. The van der Waals surface area contributed by atoms with Crippen molar-refractivity contribution >= 4 is 0 Å². The molecule has 0 aliphatic carbocycles. The summed E-state index contributed by atoms with van der Waals surface area (Å²) < 4.78 is 5.70. The lowest BCUT2D eigenvalue weighted by molar-refractivity contribution is -0.0407. The summed E-state index contributed by atoms with van der Waals surface area (Å²) in [4.78, 5) is 0. The number of nitrogens with one attached hydrogen (secondary N) is 1. The molecule has 0 saturated heterocycles. The smallest absolute Gasteiger partial charge is 0.0792 e. The molecule has 0 aliphatic heterocycles. The van der Waals surface area contributed by atoms with E-state index in [1.165, 1.54) is 12.8 Å². The van der Waals surface area contributed by atoms with Crippen LogP contribution in [-0.2, 0) is 4.74 Å². The van der Waals surface area contributed by atoms with Crippen LogP contribution in [0.4, 0.5) is 0 Å². The van der Waals surface area contributed by atoms with Crippen LogP contribution in [0.1, 0.15) is 53.9 Å². The summed E-state index contributed by atoms with van der Waals surface area (Å²) in [7, 11) is 0. The van der Waals surface area contributed by atoms with E-state index in [0.717, 1.165) is 18.9 Å². The largest absolute Gasteiger partial charge is 0.374 e. The number of rotatable bonds is 8. The summed E-state index contributed by atoms with van der Waals surface area (Å²) in [6, 6.07) is 0.233. The van der Waals surface area contributed by atoms with Crippen LogP contribution < -0.4 is 11.3 Å². The topological polar surface area (TPSA) is 47.3 Å². The molecule has 3 nitrogen and oxygen atoms in total. The summed E-state index contributed by atoms with van der Waals surface area (Å²) >= 11 is 0. The number of hydrazine groups is 1. The van der Waals surface area contributed by atoms with Gasteiger partial charge in [0, 0.05) is 12.6 Å². The van der Waals surface area contributed by atoms with Gasteiger partial charge in [-0.3, -0.25) is 11.3 Å². The molecule has 0 aromatic heterocycles. The maximum absolute atomic E-state index is 5.70. The zero-order valence-electron chi connectivity index (χ0n) is 11.0. The Hall–Kier alpha value is -0.120. The number of ether oxygens (including phenoxy) is 1. The quantitative estimate of drug-likeness (QED) is 0.484. The first kappa shape index (κ1) is 14.9. The number of nitrogens with two attached hydrogens (primary N) is 1. The highest BCUT2D eigenvalue weighted by Crippen LogP contribution is 2.20. The Balaban J connectivity index is 4.00. The summed E-state index contributed by atoms with van der Waals surface area (Å²) in [5.74, 6) is 6.34. The van der Waals surface area contributed by atoms with E-state index in [9.17, 15) is 0 Å². The zero-order chi connectivity index (χ0) is 11.9. The van der Waals surface area contributed by atoms with E-state index in [2.05, 4.69) is 33.1 Å². The zero-order valence-corrected chi connectivity index (χ0v) is 11.0. The molecule has 0 spiro atoms. The maximum atomic E-state index is 5.70. The highest BCUT2D eigenvalue weighted by atomic mass is 16.5. The number of hydrogen-bond donors (Lipinski definition) is 2. The maximum Gasteiger partial charge on any atom is 0.0792 e. The van der Waals surface area contributed by atoms with Crippen molar-refractivity contribution in [1.82, 2.24) is 5.43 Å². The lowest BCUT2D eigenvalue weighted by Crippen LogP contribution is -2.51. The molecule has 0 amide bonds. The highest BCUT2D eigenvalue weighted by molar-refractivity contribution is 4.84. The minimum Gasteiger partial charge on any atom is -0.374 e. The third-order valence-corrected chi connectivity index (χ3v) is 2.83. The fraction of sp³-hybridized carbons (Fsp3) is 1.00. The molecule has 0 aliphatic rings. The van der Waals surface area contributed by atoms with Gasteiger partial charge in [-0.25, -0.2) is 0 Å². The van der Waals surface area contributed by atoms with Gasteiger partial charge in [-0.1, -0.05) is 26.7 Å². The summed E-state index contributed by atoms with van der Waals surface area (Å²) in [6.07, 6.45) is 3.52. The van der Waals surface area contributed by atoms with Crippen molar-refractivity contribution in [1.29, 1.82) is 0 Å². The normalized spacial score (nSPS) is 14.6. The first-order chi connectivity index (χ1) is 6.94. The van der Waals surface area contributed by atoms with Gasteiger partial charge in [0.25, 0.3) is 0 Å². The third-order valence-electron chi connectivity index (χ3n) is 2.83. The monoisotopic (exact) mass is 216 g/mol. The first-order valence-electron chi connectivity index (χ1n) is 6.04. The van der Waals surface area contributed by atoms with E-state index >= 15 is 0 Å². The standard InChI is InChI=1S/C12H28N2O/c1-6-15-12(4,5)11(14-13)9-7-8-10(2)3/h10-11,14H,6-9,13H2,1-5H3. The van der Waals surface area contributed by atoms with Crippen LogP contribution in [0.5, 0.6) is 0 Å². The van der Waals surface area contributed by atoms with Crippen molar-refractivity contribution in [3.05, 3.63) is 0 Å². The van der Waals surface area contributed by atoms with Crippen molar-refractivity contribution in [2.24, 2.45) is 11.8 Å². The van der Waals surface area contributed by atoms with Crippen molar-refractivity contribution in [3.63, 3.8) is 0 Å². The average molecular weight is 216 g/mol. The molecule has 0 heterocycles. The van der Waals surface area contributed by atoms with Gasteiger partial charge in [-0.15, -0.1) is 0 Å². The molecular formula is C12H28N2O. The van der Waals surface area contributed by atoms with Crippen molar-refractivity contribution in [2.45, 2.75) is 65.5 Å². The van der Waals surface area contributed by atoms with Crippen molar-refractivity contribution < 1.29 is 4.74 Å². The Morgan fingerprint density at radius 1 is 1.27 bits per heavy atom. The van der Waals surface area contributed by atoms with Gasteiger partial charge in [0.1, 0.15) is 0 Å². The van der Waals surface area contributed by atoms with Gasteiger partial charge in [0.2, 0.25) is 0 Å². The van der Waals surface area contributed by atoms with Crippen LogP contribution >= 0.6 is 0 Å². The molecule has 0 bridgehead atoms. The van der Waals surface area contributed by atoms with Gasteiger partial charge >= 0.3 is 0 Å². The van der Waals surface area contributed by atoms with Gasteiger partial charge in [-0.05, 0) is 33.1 Å². The summed E-state index contributed by atoms with van der Waals surface area (Å²) in [5.41, 5.74) is 2.70. The van der Waals surface area contributed by atoms with E-state index in [1.807, 2.05) is 6.92 Å². The molecule has 0 aromatic carbocycles. The van der Waals surface area contributed by atoms with Crippen LogP contribution in [0, 0.1) is 5.92 Å². The highest BCUT2D eigenvalue weighted by Gasteiger charge is 2.28. The summed E-state index contributed by atoms with van der Waals surface area (Å²) in [5, 5.41) is 0. The Kier molecular flexibility index (Phi) is 7.14. The van der Waals surface area contributed by atoms with Crippen LogP contribution in [0.25, 0.3) is 0 Å². The molecule has 3 N–H and O–H groups in total. The molecule has 0 aromatic rings. The Bertz CT molecular complexity index is 158. The fourth-order valence-corrected chi connectivity index (χ4v) is 1.83. The van der Waals surface area contributed by atoms with Crippen LogP contribution in [0.2, 0.25) is 0 Å². The minimum absolute atomic E-state index is 0.180. The van der Waals surface area contributed by atoms with Crippen LogP contribution in [0.3, 0.4) is 0 Å². The minimum atomic E-state index is -0.180. The van der Waals surface area contributed by atoms with Gasteiger partial charge in [0.05, 0.1) is 5.60 Å². The lowest BCUT2D eigenvalue weighted by atomic mass is 9.92. The molecule has 0 saturated carbocycles. The Labute approximate surface area is 94.7 Å².